The van der Waals surface area contributed by atoms with E-state index in [2.05, 4.69) is 117 Å². The first kappa shape index (κ1) is 57.8. The molecule has 0 rings (SSSR count). The predicted molar refractivity (Wildman–Crippen MR) is 264 cm³/mol. The maximum atomic E-state index is 13.2. The summed E-state index contributed by atoms with van der Waals surface area (Å²) >= 11 is 0. The number of rotatable bonds is 43. The lowest BCUT2D eigenvalue weighted by atomic mass is 10.0. The molecule has 3 unspecified atom stereocenters. The van der Waals surface area contributed by atoms with Crippen molar-refractivity contribution in [1.29, 1.82) is 0 Å². The molecule has 0 bridgehead atoms. The zero-order chi connectivity index (χ0) is 44.5. The van der Waals surface area contributed by atoms with Crippen molar-refractivity contribution < 1.29 is 24.5 Å². The van der Waals surface area contributed by atoms with Gasteiger partial charge in [0.15, 0.2) is 0 Å². The number of esters is 1. The zero-order valence-corrected chi connectivity index (χ0v) is 39.5. The van der Waals surface area contributed by atoms with Gasteiger partial charge in [0.05, 0.1) is 25.2 Å². The normalized spacial score (nSPS) is 14.1. The fraction of sp³-hybridized carbons (Fsp3) is 0.673. The van der Waals surface area contributed by atoms with Crippen LogP contribution in [0.4, 0.5) is 0 Å². The lowest BCUT2D eigenvalue weighted by Crippen LogP contribution is -2.46. The molecule has 3 atom stereocenters. The topological polar surface area (TPSA) is 95.9 Å². The highest BCUT2D eigenvalue weighted by molar-refractivity contribution is 5.77. The van der Waals surface area contributed by atoms with Crippen molar-refractivity contribution in [3.63, 3.8) is 0 Å². The van der Waals surface area contributed by atoms with Crippen LogP contribution in [0.2, 0.25) is 0 Å². The highest BCUT2D eigenvalue weighted by Gasteiger charge is 2.24. The van der Waals surface area contributed by atoms with E-state index >= 15 is 0 Å². The van der Waals surface area contributed by atoms with Crippen LogP contribution >= 0.6 is 0 Å². The maximum absolute atomic E-state index is 13.2. The summed E-state index contributed by atoms with van der Waals surface area (Å²) in [4.78, 5) is 26.1. The first-order chi connectivity index (χ1) is 30.0. The number of amides is 1. The second-order valence-corrected chi connectivity index (χ2v) is 16.4. The van der Waals surface area contributed by atoms with Gasteiger partial charge in [0.2, 0.25) is 5.91 Å². The van der Waals surface area contributed by atoms with Gasteiger partial charge in [-0.15, -0.1) is 0 Å². The number of hydrogen-bond acceptors (Lipinski definition) is 5. The number of carbonyl (C=O) groups is 2. The Balaban J connectivity index is 4.76. The molecule has 0 radical (unpaired) electrons. The Labute approximate surface area is 376 Å². The molecule has 61 heavy (non-hydrogen) atoms. The molecule has 0 aromatic heterocycles. The van der Waals surface area contributed by atoms with Crippen molar-refractivity contribution in [2.45, 2.75) is 232 Å². The van der Waals surface area contributed by atoms with Gasteiger partial charge in [0, 0.05) is 6.42 Å². The molecule has 0 fully saturated rings. The lowest BCUT2D eigenvalue weighted by Gasteiger charge is -2.24. The Bertz CT molecular complexity index is 1220. The first-order valence-electron chi connectivity index (χ1n) is 25.0. The number of nitrogens with one attached hydrogen (secondary N) is 1. The summed E-state index contributed by atoms with van der Waals surface area (Å²) in [6, 6.07) is -0.728. The Morgan fingerprint density at radius 3 is 1.34 bits per heavy atom. The highest BCUT2D eigenvalue weighted by atomic mass is 16.5. The molecule has 0 saturated carbocycles. The van der Waals surface area contributed by atoms with E-state index in [1.807, 2.05) is 6.08 Å². The van der Waals surface area contributed by atoms with Gasteiger partial charge >= 0.3 is 5.97 Å². The molecule has 6 nitrogen and oxygen atoms in total. The van der Waals surface area contributed by atoms with Gasteiger partial charge in [-0.05, 0) is 89.9 Å². The van der Waals surface area contributed by atoms with Gasteiger partial charge in [0.1, 0.15) is 6.10 Å². The summed E-state index contributed by atoms with van der Waals surface area (Å²) < 4.78 is 5.87. The molecule has 0 aliphatic carbocycles. The smallest absolute Gasteiger partial charge is 0.306 e. The molecule has 0 aliphatic heterocycles. The summed E-state index contributed by atoms with van der Waals surface area (Å²) in [7, 11) is 0. The number of aliphatic hydroxyl groups is 2. The number of carbonyl (C=O) groups excluding carboxylic acids is 2. The van der Waals surface area contributed by atoms with Crippen molar-refractivity contribution in [2.24, 2.45) is 0 Å². The molecule has 0 aromatic rings. The summed E-state index contributed by atoms with van der Waals surface area (Å²) in [5, 5.41) is 23.7. The Hall–Kier alpha value is -3.22. The minimum absolute atomic E-state index is 0.0275. The quantitative estimate of drug-likeness (QED) is 0.0323. The standard InChI is InChI=1S/C55H93NO5/c1-4-7-10-13-16-19-22-25-27-28-30-33-36-39-42-45-48-55(60)61-51(46-43-40-37-34-31-29-26-23-20-17-14-11-8-5-2)49-54(59)56-52(50-57)53(58)47-44-41-38-35-32-24-21-18-15-12-9-6-3/h7-8,10-11,16-17,19-20,25-27,29-30,33,39,42,51-53,57-58H,4-6,9,12-15,18,21-24,28,31-32,34-38,40-41,43-50H2,1-3H3,(H,56,59)/b10-7+,11-8+,19-16+,20-17+,27-25+,29-26+,33-30+,42-39+. The van der Waals surface area contributed by atoms with Gasteiger partial charge < -0.3 is 20.3 Å². The summed E-state index contributed by atoms with van der Waals surface area (Å²) in [6.45, 7) is 6.22. The molecule has 6 heteroatoms. The van der Waals surface area contributed by atoms with Crippen LogP contribution in [0.25, 0.3) is 0 Å². The van der Waals surface area contributed by atoms with Gasteiger partial charge in [-0.1, -0.05) is 208 Å². The Kier molecular flexibility index (Phi) is 45.3. The second-order valence-electron chi connectivity index (χ2n) is 16.4. The van der Waals surface area contributed by atoms with Crippen molar-refractivity contribution in [3.05, 3.63) is 97.2 Å². The van der Waals surface area contributed by atoms with Crippen molar-refractivity contribution in [1.82, 2.24) is 5.32 Å². The van der Waals surface area contributed by atoms with E-state index in [9.17, 15) is 19.8 Å². The predicted octanol–water partition coefficient (Wildman–Crippen LogP) is 14.9. The average Bonchev–Trinajstić information content (AvgIpc) is 3.25. The molecule has 0 aliphatic rings. The molecule has 0 saturated heterocycles. The third kappa shape index (κ3) is 43.2. The van der Waals surface area contributed by atoms with Crippen molar-refractivity contribution in [2.75, 3.05) is 6.61 Å². The molecule has 1 amide bonds. The Morgan fingerprint density at radius 1 is 0.492 bits per heavy atom. The first-order valence-corrected chi connectivity index (χ1v) is 25.0. The van der Waals surface area contributed by atoms with Crippen LogP contribution in [0.15, 0.2) is 97.2 Å². The fourth-order valence-electron chi connectivity index (χ4n) is 6.96. The van der Waals surface area contributed by atoms with Crippen LogP contribution in [0.1, 0.15) is 213 Å². The van der Waals surface area contributed by atoms with Crippen molar-refractivity contribution in [3.8, 4) is 0 Å². The monoisotopic (exact) mass is 848 g/mol. The van der Waals surface area contributed by atoms with Gasteiger partial charge in [0.25, 0.3) is 0 Å². The van der Waals surface area contributed by atoms with E-state index in [1.54, 1.807) is 0 Å². The minimum Gasteiger partial charge on any atom is -0.462 e. The van der Waals surface area contributed by atoms with Crippen LogP contribution in [-0.4, -0.2) is 46.9 Å². The van der Waals surface area contributed by atoms with E-state index in [0.717, 1.165) is 103 Å². The SMILES string of the molecule is CC/C=C/C/C=C/C/C=C/C/C=C/C/C=C/CCC(=O)OC(CCCCCC/C=C/C/C=C/C/C=C/CC)CC(=O)NC(CO)C(O)CCCCCCCCCCCCCC. The minimum atomic E-state index is -0.811. The molecule has 0 spiro atoms. The third-order valence-electron chi connectivity index (χ3n) is 10.7. The molecular formula is C55H93NO5. The number of ether oxygens (including phenoxy) is 1. The lowest BCUT2D eigenvalue weighted by molar-refractivity contribution is -0.150. The van der Waals surface area contributed by atoms with Crippen LogP contribution in [0, 0.1) is 0 Å². The van der Waals surface area contributed by atoms with E-state index in [4.69, 9.17) is 4.74 Å². The molecule has 0 aromatic carbocycles. The summed E-state index contributed by atoms with van der Waals surface area (Å²) in [5.41, 5.74) is 0. The number of allylic oxidation sites excluding steroid dienone is 16. The zero-order valence-electron chi connectivity index (χ0n) is 39.5. The largest absolute Gasteiger partial charge is 0.462 e. The Morgan fingerprint density at radius 2 is 0.885 bits per heavy atom. The van der Waals surface area contributed by atoms with Gasteiger partial charge in [-0.3, -0.25) is 9.59 Å². The molecular weight excluding hydrogens is 755 g/mol. The highest BCUT2D eigenvalue weighted by Crippen LogP contribution is 2.17. The average molecular weight is 848 g/mol. The molecule has 3 N–H and O–H groups in total. The van der Waals surface area contributed by atoms with E-state index < -0.39 is 18.2 Å². The van der Waals surface area contributed by atoms with Crippen molar-refractivity contribution >= 4 is 11.9 Å². The van der Waals surface area contributed by atoms with Crippen LogP contribution in [0.5, 0.6) is 0 Å². The van der Waals surface area contributed by atoms with E-state index in [0.29, 0.717) is 19.3 Å². The summed E-state index contributed by atoms with van der Waals surface area (Å²) in [5.74, 6) is -0.603. The number of hydrogen-bond donors (Lipinski definition) is 3. The third-order valence-corrected chi connectivity index (χ3v) is 10.7. The maximum Gasteiger partial charge on any atom is 0.306 e. The number of unbranched alkanes of at least 4 members (excludes halogenated alkanes) is 15. The molecule has 348 valence electrons. The molecule has 0 heterocycles. The van der Waals surface area contributed by atoms with Gasteiger partial charge in [-0.25, -0.2) is 0 Å². The number of aliphatic hydroxyl groups excluding tert-OH is 2. The fourth-order valence-corrected chi connectivity index (χ4v) is 6.96. The van der Waals surface area contributed by atoms with Crippen LogP contribution < -0.4 is 5.32 Å². The summed E-state index contributed by atoms with van der Waals surface area (Å²) in [6.07, 6.45) is 63.3. The van der Waals surface area contributed by atoms with Crippen LogP contribution in [-0.2, 0) is 14.3 Å². The van der Waals surface area contributed by atoms with Crippen LogP contribution in [0.3, 0.4) is 0 Å². The van der Waals surface area contributed by atoms with E-state index in [-0.39, 0.29) is 31.3 Å². The van der Waals surface area contributed by atoms with Gasteiger partial charge in [-0.2, -0.15) is 0 Å². The second kappa shape index (κ2) is 47.8. The van der Waals surface area contributed by atoms with E-state index in [1.165, 1.54) is 57.8 Å².